The number of anilines is 1. The van der Waals surface area contributed by atoms with Gasteiger partial charge in [-0.05, 0) is 25.5 Å². The molecule has 2 aliphatic rings. The van der Waals surface area contributed by atoms with Crippen LogP contribution in [-0.4, -0.2) is 57.5 Å². The Hall–Kier alpha value is -2.48. The first-order chi connectivity index (χ1) is 12.7. The molecule has 0 aliphatic carbocycles. The van der Waals surface area contributed by atoms with E-state index >= 15 is 0 Å². The number of ether oxygens (including phenoxy) is 3. The first kappa shape index (κ1) is 18.3. The zero-order valence-electron chi connectivity index (χ0n) is 15.0. The van der Waals surface area contributed by atoms with Crippen LogP contribution in [0.15, 0.2) is 18.2 Å². The van der Waals surface area contributed by atoms with Crippen LogP contribution in [0.1, 0.15) is 19.8 Å². The normalized spacial score (nSPS) is 18.7. The summed E-state index contributed by atoms with van der Waals surface area (Å²) in [7, 11) is 0. The molecule has 0 bridgehead atoms. The van der Waals surface area contributed by atoms with E-state index < -0.39 is 0 Å². The van der Waals surface area contributed by atoms with Crippen LogP contribution in [0, 0.1) is 0 Å². The van der Waals surface area contributed by atoms with Crippen molar-refractivity contribution in [2.75, 3.05) is 44.4 Å². The standard InChI is InChI=1S/C18H25N3O5/c1-2-24-7-3-6-19-18(23)20-13-10-17(22)21(12-13)14-4-5-15-16(11-14)26-9-8-25-15/h4-5,11,13H,2-3,6-10,12H2,1H3,(H2,19,20,23)/t13-/m1/s1. The molecule has 3 amide bonds. The molecule has 2 heterocycles. The van der Waals surface area contributed by atoms with Crippen LogP contribution in [0.4, 0.5) is 10.5 Å². The molecule has 8 heteroatoms. The Kier molecular flexibility index (Phi) is 6.17. The van der Waals surface area contributed by atoms with Gasteiger partial charge in [0.1, 0.15) is 13.2 Å². The van der Waals surface area contributed by atoms with Crippen LogP contribution in [0.25, 0.3) is 0 Å². The summed E-state index contributed by atoms with van der Waals surface area (Å²) in [4.78, 5) is 25.9. The minimum absolute atomic E-state index is 0.0247. The Bertz CT molecular complexity index is 652. The third-order valence-electron chi connectivity index (χ3n) is 4.25. The van der Waals surface area contributed by atoms with Crippen molar-refractivity contribution in [2.24, 2.45) is 0 Å². The number of nitrogens with zero attached hydrogens (tertiary/aromatic N) is 1. The number of rotatable bonds is 7. The van der Waals surface area contributed by atoms with E-state index in [0.717, 1.165) is 12.1 Å². The summed E-state index contributed by atoms with van der Waals surface area (Å²) in [5.41, 5.74) is 0.751. The molecule has 0 spiro atoms. The Morgan fingerprint density at radius 3 is 2.92 bits per heavy atom. The van der Waals surface area contributed by atoms with Crippen LogP contribution < -0.4 is 25.0 Å². The van der Waals surface area contributed by atoms with Gasteiger partial charge >= 0.3 is 6.03 Å². The van der Waals surface area contributed by atoms with Crippen molar-refractivity contribution >= 4 is 17.6 Å². The van der Waals surface area contributed by atoms with E-state index in [1.54, 1.807) is 4.90 Å². The Morgan fingerprint density at radius 2 is 2.12 bits per heavy atom. The molecule has 2 aliphatic heterocycles. The van der Waals surface area contributed by atoms with E-state index in [0.29, 0.717) is 51.0 Å². The smallest absolute Gasteiger partial charge is 0.315 e. The zero-order chi connectivity index (χ0) is 18.4. The number of benzene rings is 1. The predicted molar refractivity (Wildman–Crippen MR) is 95.8 cm³/mol. The number of carbonyl (C=O) groups excluding carboxylic acids is 2. The van der Waals surface area contributed by atoms with Crippen molar-refractivity contribution in [3.63, 3.8) is 0 Å². The lowest BCUT2D eigenvalue weighted by molar-refractivity contribution is -0.117. The lowest BCUT2D eigenvalue weighted by Gasteiger charge is -2.22. The van der Waals surface area contributed by atoms with Crippen molar-refractivity contribution in [1.82, 2.24) is 10.6 Å². The summed E-state index contributed by atoms with van der Waals surface area (Å²) >= 11 is 0. The number of amides is 3. The van der Waals surface area contributed by atoms with Gasteiger partial charge in [0, 0.05) is 44.5 Å². The molecule has 1 saturated heterocycles. The lowest BCUT2D eigenvalue weighted by atomic mass is 10.2. The van der Waals surface area contributed by atoms with E-state index in [2.05, 4.69) is 10.6 Å². The molecule has 0 radical (unpaired) electrons. The third-order valence-corrected chi connectivity index (χ3v) is 4.25. The molecule has 3 rings (SSSR count). The van der Waals surface area contributed by atoms with Gasteiger partial charge in [0.25, 0.3) is 0 Å². The predicted octanol–water partition coefficient (Wildman–Crippen LogP) is 1.29. The summed E-state index contributed by atoms with van der Waals surface area (Å²) in [6.07, 6.45) is 1.04. The maximum Gasteiger partial charge on any atom is 0.315 e. The highest BCUT2D eigenvalue weighted by Crippen LogP contribution is 2.35. The number of hydrogen-bond acceptors (Lipinski definition) is 5. The van der Waals surface area contributed by atoms with Crippen LogP contribution in [0.5, 0.6) is 11.5 Å². The molecule has 1 atom stereocenters. The molecule has 26 heavy (non-hydrogen) atoms. The van der Waals surface area contributed by atoms with Crippen LogP contribution >= 0.6 is 0 Å². The summed E-state index contributed by atoms with van der Waals surface area (Å²) in [6, 6.07) is 4.97. The minimum atomic E-state index is -0.261. The van der Waals surface area contributed by atoms with Crippen molar-refractivity contribution in [3.8, 4) is 11.5 Å². The summed E-state index contributed by atoms with van der Waals surface area (Å²) in [5.74, 6) is 1.31. The highest BCUT2D eigenvalue weighted by atomic mass is 16.6. The van der Waals surface area contributed by atoms with Gasteiger partial charge < -0.3 is 29.7 Å². The SMILES string of the molecule is CCOCCCNC(=O)N[C@@H]1CC(=O)N(c2ccc3c(c2)OCCO3)C1. The average Bonchev–Trinajstić information content (AvgIpc) is 3.01. The first-order valence-electron chi connectivity index (χ1n) is 8.99. The fourth-order valence-electron chi connectivity index (χ4n) is 3.01. The largest absolute Gasteiger partial charge is 0.486 e. The van der Waals surface area contributed by atoms with Crippen LogP contribution in [0.3, 0.4) is 0 Å². The average molecular weight is 363 g/mol. The number of carbonyl (C=O) groups is 2. The van der Waals surface area contributed by atoms with Crippen molar-refractivity contribution in [3.05, 3.63) is 18.2 Å². The van der Waals surface area contributed by atoms with Gasteiger partial charge in [-0.25, -0.2) is 4.79 Å². The lowest BCUT2D eigenvalue weighted by Crippen LogP contribution is -2.43. The van der Waals surface area contributed by atoms with E-state index in [1.807, 2.05) is 25.1 Å². The zero-order valence-corrected chi connectivity index (χ0v) is 15.0. The third kappa shape index (κ3) is 4.57. The summed E-state index contributed by atoms with van der Waals surface area (Å²) < 4.78 is 16.3. The number of nitrogens with one attached hydrogen (secondary N) is 2. The molecular formula is C18H25N3O5. The second kappa shape index (κ2) is 8.75. The Morgan fingerprint density at radius 1 is 1.31 bits per heavy atom. The summed E-state index contributed by atoms with van der Waals surface area (Å²) in [5, 5.41) is 5.64. The van der Waals surface area contributed by atoms with Gasteiger partial charge in [0.05, 0.1) is 6.04 Å². The molecular weight excluding hydrogens is 338 g/mol. The maximum atomic E-state index is 12.3. The van der Waals surface area contributed by atoms with Crippen LogP contribution in [0.2, 0.25) is 0 Å². The monoisotopic (exact) mass is 363 g/mol. The van der Waals surface area contributed by atoms with Crippen molar-refractivity contribution < 1.29 is 23.8 Å². The first-order valence-corrected chi connectivity index (χ1v) is 8.99. The number of urea groups is 1. The highest BCUT2D eigenvalue weighted by molar-refractivity contribution is 5.97. The molecule has 1 fully saturated rings. The molecule has 1 aromatic rings. The minimum Gasteiger partial charge on any atom is -0.486 e. The topological polar surface area (TPSA) is 89.1 Å². The van der Waals surface area contributed by atoms with E-state index in [4.69, 9.17) is 14.2 Å². The van der Waals surface area contributed by atoms with Gasteiger partial charge in [-0.3, -0.25) is 4.79 Å². The quantitative estimate of drug-likeness (QED) is 0.713. The van der Waals surface area contributed by atoms with Gasteiger partial charge in [-0.2, -0.15) is 0 Å². The maximum absolute atomic E-state index is 12.3. The fourth-order valence-corrected chi connectivity index (χ4v) is 3.01. The van der Waals surface area contributed by atoms with Crippen molar-refractivity contribution in [2.45, 2.75) is 25.8 Å². The molecule has 8 nitrogen and oxygen atoms in total. The Labute approximate surface area is 152 Å². The van der Waals surface area contributed by atoms with Gasteiger partial charge in [0.2, 0.25) is 5.91 Å². The highest BCUT2D eigenvalue weighted by Gasteiger charge is 2.32. The number of hydrogen-bond donors (Lipinski definition) is 2. The van der Waals surface area contributed by atoms with Gasteiger partial charge in [0.15, 0.2) is 11.5 Å². The Balaban J connectivity index is 1.50. The van der Waals surface area contributed by atoms with E-state index in [-0.39, 0.29) is 24.4 Å². The molecule has 2 N–H and O–H groups in total. The molecule has 0 saturated carbocycles. The molecule has 1 aromatic carbocycles. The van der Waals surface area contributed by atoms with Crippen LogP contribution in [-0.2, 0) is 9.53 Å². The second-order valence-electron chi connectivity index (χ2n) is 6.18. The molecule has 0 aromatic heterocycles. The van der Waals surface area contributed by atoms with Gasteiger partial charge in [-0.1, -0.05) is 0 Å². The summed E-state index contributed by atoms with van der Waals surface area (Å²) in [6.45, 7) is 5.23. The van der Waals surface area contributed by atoms with Gasteiger partial charge in [-0.15, -0.1) is 0 Å². The van der Waals surface area contributed by atoms with E-state index in [1.165, 1.54) is 0 Å². The number of fused-ring (bicyclic) bond motifs is 1. The molecule has 142 valence electrons. The second-order valence-corrected chi connectivity index (χ2v) is 6.18. The van der Waals surface area contributed by atoms with Crippen molar-refractivity contribution in [1.29, 1.82) is 0 Å². The van der Waals surface area contributed by atoms with E-state index in [9.17, 15) is 9.59 Å². The fraction of sp³-hybridized carbons (Fsp3) is 0.556. The molecule has 0 unspecified atom stereocenters.